The molecule has 0 N–H and O–H groups in total. The summed E-state index contributed by atoms with van der Waals surface area (Å²) >= 11 is 9.24. The van der Waals surface area contributed by atoms with Crippen molar-refractivity contribution in [1.29, 1.82) is 0 Å². The van der Waals surface area contributed by atoms with E-state index in [1.54, 1.807) is 13.0 Å². The lowest BCUT2D eigenvalue weighted by Gasteiger charge is -2.18. The Morgan fingerprint density at radius 2 is 2.08 bits per heavy atom. The van der Waals surface area contributed by atoms with E-state index < -0.39 is 16.1 Å². The summed E-state index contributed by atoms with van der Waals surface area (Å²) in [4.78, 5) is 12.1. The van der Waals surface area contributed by atoms with Crippen molar-refractivity contribution in [3.63, 3.8) is 0 Å². The number of ether oxygens (including phenoxy) is 2. The molecule has 24 heavy (non-hydrogen) atoms. The van der Waals surface area contributed by atoms with Crippen LogP contribution in [0.4, 0.5) is 0 Å². The number of halogens is 2. The van der Waals surface area contributed by atoms with E-state index in [1.807, 2.05) is 0 Å². The molecule has 0 saturated heterocycles. The minimum Gasteiger partial charge on any atom is -0.496 e. The normalized spacial score (nSPS) is 14.4. The predicted molar refractivity (Wildman–Crippen MR) is 93.8 cm³/mol. The zero-order chi connectivity index (χ0) is 18.1. The van der Waals surface area contributed by atoms with Gasteiger partial charge in [-0.1, -0.05) is 33.6 Å². The van der Waals surface area contributed by atoms with E-state index in [-0.39, 0.29) is 24.3 Å². The van der Waals surface area contributed by atoms with E-state index in [0.717, 1.165) is 6.26 Å². The van der Waals surface area contributed by atoms with Gasteiger partial charge >= 0.3 is 16.1 Å². The van der Waals surface area contributed by atoms with E-state index in [2.05, 4.69) is 15.9 Å². The minimum absolute atomic E-state index is 0.0504. The first-order chi connectivity index (χ1) is 11.2. The van der Waals surface area contributed by atoms with Gasteiger partial charge in [0.05, 0.1) is 13.4 Å². The molecule has 0 saturated carbocycles. The van der Waals surface area contributed by atoms with Crippen LogP contribution in [0.25, 0.3) is 0 Å². The van der Waals surface area contributed by atoms with Crippen molar-refractivity contribution in [3.8, 4) is 11.5 Å². The fourth-order valence-corrected chi connectivity index (χ4v) is 3.31. The summed E-state index contributed by atoms with van der Waals surface area (Å²) < 4.78 is 38.9. The maximum Gasteiger partial charge on any atom is 0.342 e. The maximum absolute atomic E-state index is 12.1. The van der Waals surface area contributed by atoms with Crippen molar-refractivity contribution in [2.75, 3.05) is 18.7 Å². The first-order valence-electron chi connectivity index (χ1n) is 6.89. The van der Waals surface area contributed by atoms with Crippen LogP contribution in [0.5, 0.6) is 11.5 Å². The second-order valence-electron chi connectivity index (χ2n) is 5.17. The van der Waals surface area contributed by atoms with Crippen molar-refractivity contribution in [1.82, 2.24) is 0 Å². The zero-order valence-electron chi connectivity index (χ0n) is 13.3. The number of carbonyl (C=O) groups is 1. The van der Waals surface area contributed by atoms with Crippen LogP contribution in [0, 0.1) is 6.92 Å². The van der Waals surface area contributed by atoms with E-state index in [1.165, 1.54) is 7.11 Å². The highest BCUT2D eigenvalue weighted by molar-refractivity contribution is 9.09. The molecular weight excluding hydrogens is 424 g/mol. The first kappa shape index (κ1) is 19.1. The van der Waals surface area contributed by atoms with Gasteiger partial charge in [0.2, 0.25) is 0 Å². The van der Waals surface area contributed by atoms with Gasteiger partial charge in [0, 0.05) is 21.5 Å². The van der Waals surface area contributed by atoms with Gasteiger partial charge in [-0.3, -0.25) is 0 Å². The highest BCUT2D eigenvalue weighted by atomic mass is 79.9. The van der Waals surface area contributed by atoms with Gasteiger partial charge in [-0.2, -0.15) is 8.42 Å². The summed E-state index contributed by atoms with van der Waals surface area (Å²) in [6.07, 6.45) is 2.84. The van der Waals surface area contributed by atoms with Crippen LogP contribution < -0.4 is 8.92 Å². The van der Waals surface area contributed by atoms with Gasteiger partial charge in [0.15, 0.2) is 5.75 Å². The minimum atomic E-state index is -3.85. The first-order valence-corrected chi connectivity index (χ1v) is 10.2. The van der Waals surface area contributed by atoms with Gasteiger partial charge in [0.1, 0.15) is 17.9 Å². The van der Waals surface area contributed by atoms with Crippen LogP contribution in [0.15, 0.2) is 11.1 Å². The molecule has 1 heterocycles. The van der Waals surface area contributed by atoms with Gasteiger partial charge in [0.25, 0.3) is 0 Å². The summed E-state index contributed by atoms with van der Waals surface area (Å²) in [7, 11) is -2.38. The Bertz CT molecular complexity index is 816. The number of benzene rings is 1. The lowest BCUT2D eigenvalue weighted by molar-refractivity contribution is 0.0533. The molecular formula is C15H16BrClO6S. The summed E-state index contributed by atoms with van der Waals surface area (Å²) in [6.45, 7) is 1.83. The Hall–Kier alpha value is -1.25. The molecule has 9 heteroatoms. The van der Waals surface area contributed by atoms with Crippen LogP contribution in [0.2, 0.25) is 0 Å². The third kappa shape index (κ3) is 3.87. The number of fused-ring (bicyclic) bond motifs is 1. The van der Waals surface area contributed by atoms with Crippen molar-refractivity contribution in [3.05, 3.63) is 33.4 Å². The molecule has 1 aliphatic heterocycles. The molecule has 1 aromatic rings. The highest BCUT2D eigenvalue weighted by Crippen LogP contribution is 2.43. The molecule has 0 radical (unpaired) electrons. The van der Waals surface area contributed by atoms with E-state index in [4.69, 9.17) is 25.3 Å². The second-order valence-corrected chi connectivity index (χ2v) is 7.79. The van der Waals surface area contributed by atoms with Crippen molar-refractivity contribution < 1.29 is 26.9 Å². The molecule has 0 unspecified atom stereocenters. The van der Waals surface area contributed by atoms with E-state index in [0.29, 0.717) is 32.8 Å². The molecule has 132 valence electrons. The Morgan fingerprint density at radius 1 is 1.42 bits per heavy atom. The monoisotopic (exact) mass is 438 g/mol. The van der Waals surface area contributed by atoms with Crippen molar-refractivity contribution >= 4 is 43.6 Å². The fraction of sp³-hybridized carbons (Fsp3) is 0.400. The fourth-order valence-electron chi connectivity index (χ4n) is 2.52. The Morgan fingerprint density at radius 3 is 2.62 bits per heavy atom. The molecule has 0 aliphatic carbocycles. The van der Waals surface area contributed by atoms with Crippen LogP contribution in [-0.2, 0) is 27.9 Å². The van der Waals surface area contributed by atoms with E-state index in [9.17, 15) is 13.2 Å². The number of carbonyl (C=O) groups excluding carboxylic acids is 1. The standard InChI is InChI=1S/C15H16BrClO6S/c1-8-11-7-22-15(18)12(11)14(23-24(3,19)20)10(13(8)21-2)5-4-9(17)6-16/h4H,5-7H2,1-3H3/b9-4+. The molecule has 2 rings (SSSR count). The van der Waals surface area contributed by atoms with Crippen molar-refractivity contribution in [2.24, 2.45) is 0 Å². The summed E-state index contributed by atoms with van der Waals surface area (Å²) in [5, 5.41) is 0.980. The van der Waals surface area contributed by atoms with Crippen LogP contribution in [-0.4, -0.2) is 33.1 Å². The van der Waals surface area contributed by atoms with Gasteiger partial charge < -0.3 is 13.7 Å². The number of esters is 1. The second kappa shape index (κ2) is 7.33. The number of alkyl halides is 1. The highest BCUT2D eigenvalue weighted by Gasteiger charge is 2.34. The Balaban J connectivity index is 2.75. The van der Waals surface area contributed by atoms with E-state index >= 15 is 0 Å². The lowest BCUT2D eigenvalue weighted by Crippen LogP contribution is -2.13. The molecule has 6 nitrogen and oxygen atoms in total. The Labute approximate surface area is 154 Å². The van der Waals surface area contributed by atoms with Gasteiger partial charge in [-0.25, -0.2) is 4.79 Å². The Kier molecular flexibility index (Phi) is 5.83. The number of allylic oxidation sites excluding steroid dienone is 2. The smallest absolute Gasteiger partial charge is 0.342 e. The molecule has 0 bridgehead atoms. The van der Waals surface area contributed by atoms with Gasteiger partial charge in [-0.05, 0) is 18.9 Å². The molecule has 1 aliphatic rings. The number of rotatable bonds is 6. The molecule has 0 fully saturated rings. The third-order valence-corrected chi connectivity index (χ3v) is 5.20. The van der Waals surface area contributed by atoms with Crippen LogP contribution >= 0.6 is 27.5 Å². The molecule has 0 atom stereocenters. The van der Waals surface area contributed by atoms with Crippen molar-refractivity contribution in [2.45, 2.75) is 20.0 Å². The topological polar surface area (TPSA) is 78.9 Å². The summed E-state index contributed by atoms with van der Waals surface area (Å²) in [5.41, 5.74) is 1.82. The maximum atomic E-state index is 12.1. The summed E-state index contributed by atoms with van der Waals surface area (Å²) in [6, 6.07) is 0. The molecule has 0 amide bonds. The average Bonchev–Trinajstić information content (AvgIpc) is 2.89. The quantitative estimate of drug-likeness (QED) is 0.385. The largest absolute Gasteiger partial charge is 0.496 e. The average molecular weight is 440 g/mol. The SMILES string of the molecule is COc1c(C)c2c(c(OS(C)(=O)=O)c1C/C=C(/Cl)CBr)C(=O)OC2. The number of hydrogen-bond acceptors (Lipinski definition) is 6. The summed E-state index contributed by atoms with van der Waals surface area (Å²) in [5.74, 6) is -0.236. The number of hydrogen-bond donors (Lipinski definition) is 0. The lowest BCUT2D eigenvalue weighted by atomic mass is 9.95. The number of methoxy groups -OCH3 is 1. The molecule has 1 aromatic carbocycles. The van der Waals surface area contributed by atoms with Crippen LogP contribution in [0.3, 0.4) is 0 Å². The van der Waals surface area contributed by atoms with Crippen LogP contribution in [0.1, 0.15) is 27.0 Å². The van der Waals surface area contributed by atoms with Gasteiger partial charge in [-0.15, -0.1) is 0 Å². The zero-order valence-corrected chi connectivity index (χ0v) is 16.5. The predicted octanol–water partition coefficient (Wildman–Crippen LogP) is 3.07. The molecule has 0 aromatic heterocycles. The molecule has 0 spiro atoms. The third-order valence-electron chi connectivity index (χ3n) is 3.52. The number of cyclic esters (lactones) is 1.